The SMILES string of the molecule is C=CCn1nc(C)c(CCC(=O)N2CCN(C(=O)OCC)CC2)c1C. The molecule has 0 bridgehead atoms. The van der Waals surface area contributed by atoms with Crippen LogP contribution in [-0.2, 0) is 22.5 Å². The highest BCUT2D eigenvalue weighted by Crippen LogP contribution is 2.16. The molecule has 1 saturated heterocycles. The van der Waals surface area contributed by atoms with Gasteiger partial charge < -0.3 is 14.5 Å². The second-order valence-electron chi connectivity index (χ2n) is 6.19. The summed E-state index contributed by atoms with van der Waals surface area (Å²) in [6.07, 6.45) is 2.67. The second-order valence-corrected chi connectivity index (χ2v) is 6.19. The summed E-state index contributed by atoms with van der Waals surface area (Å²) in [6, 6.07) is 0. The van der Waals surface area contributed by atoms with Crippen molar-refractivity contribution in [2.45, 2.75) is 40.2 Å². The summed E-state index contributed by atoms with van der Waals surface area (Å²) in [6.45, 7) is 12.8. The summed E-state index contributed by atoms with van der Waals surface area (Å²) in [5, 5.41) is 4.50. The van der Waals surface area contributed by atoms with Crippen LogP contribution in [0.1, 0.15) is 30.3 Å². The first-order valence-electron chi connectivity index (χ1n) is 8.81. The van der Waals surface area contributed by atoms with E-state index >= 15 is 0 Å². The van der Waals surface area contributed by atoms with Crippen molar-refractivity contribution in [1.29, 1.82) is 0 Å². The topological polar surface area (TPSA) is 67.7 Å². The highest BCUT2D eigenvalue weighted by Gasteiger charge is 2.25. The Bertz CT molecular complexity index is 631. The van der Waals surface area contributed by atoms with Gasteiger partial charge in [-0.2, -0.15) is 5.10 Å². The van der Waals surface area contributed by atoms with Crippen LogP contribution in [0.25, 0.3) is 0 Å². The summed E-state index contributed by atoms with van der Waals surface area (Å²) >= 11 is 0. The normalized spacial score (nSPS) is 14.5. The first-order valence-corrected chi connectivity index (χ1v) is 8.81. The van der Waals surface area contributed by atoms with Crippen LogP contribution in [0.2, 0.25) is 0 Å². The average molecular weight is 348 g/mol. The maximum atomic E-state index is 12.5. The minimum absolute atomic E-state index is 0.124. The molecule has 7 nitrogen and oxygen atoms in total. The van der Waals surface area contributed by atoms with E-state index in [2.05, 4.69) is 11.7 Å². The first kappa shape index (κ1) is 19.0. The number of carbonyl (C=O) groups is 2. The molecular formula is C18H28N4O3. The number of aromatic nitrogens is 2. The number of carbonyl (C=O) groups excluding carboxylic acids is 2. The summed E-state index contributed by atoms with van der Waals surface area (Å²) < 4.78 is 6.92. The number of hydrogen-bond acceptors (Lipinski definition) is 4. The third-order valence-electron chi connectivity index (χ3n) is 4.58. The van der Waals surface area contributed by atoms with Gasteiger partial charge in [-0.05, 0) is 32.8 Å². The van der Waals surface area contributed by atoms with Crippen molar-refractivity contribution in [1.82, 2.24) is 19.6 Å². The van der Waals surface area contributed by atoms with Gasteiger partial charge in [-0.1, -0.05) is 6.08 Å². The Morgan fingerprint density at radius 2 is 1.84 bits per heavy atom. The van der Waals surface area contributed by atoms with Crippen molar-refractivity contribution in [2.75, 3.05) is 32.8 Å². The fourth-order valence-corrected chi connectivity index (χ4v) is 3.14. The monoisotopic (exact) mass is 348 g/mol. The predicted molar refractivity (Wildman–Crippen MR) is 95.4 cm³/mol. The minimum Gasteiger partial charge on any atom is -0.450 e. The maximum Gasteiger partial charge on any atom is 0.409 e. The molecule has 0 N–H and O–H groups in total. The van der Waals surface area contributed by atoms with Gasteiger partial charge in [0.25, 0.3) is 0 Å². The standard InChI is InChI=1S/C18H28N4O3/c1-5-9-22-15(4)16(14(3)19-22)7-8-17(23)20-10-12-21(13-11-20)18(24)25-6-2/h5H,1,6-13H2,2-4H3. The lowest BCUT2D eigenvalue weighted by Crippen LogP contribution is -2.50. The zero-order valence-electron chi connectivity index (χ0n) is 15.5. The van der Waals surface area contributed by atoms with Crippen molar-refractivity contribution in [3.8, 4) is 0 Å². The smallest absolute Gasteiger partial charge is 0.409 e. The zero-order chi connectivity index (χ0) is 18.4. The third-order valence-corrected chi connectivity index (χ3v) is 4.58. The lowest BCUT2D eigenvalue weighted by atomic mass is 10.1. The Morgan fingerprint density at radius 1 is 1.20 bits per heavy atom. The van der Waals surface area contributed by atoms with Gasteiger partial charge in [0.05, 0.1) is 18.8 Å². The molecule has 2 heterocycles. The van der Waals surface area contributed by atoms with Crippen molar-refractivity contribution in [3.63, 3.8) is 0 Å². The number of nitrogens with zero attached hydrogens (tertiary/aromatic N) is 4. The van der Waals surface area contributed by atoms with Gasteiger partial charge in [0.1, 0.15) is 0 Å². The number of ether oxygens (including phenoxy) is 1. The van der Waals surface area contributed by atoms with Crippen molar-refractivity contribution >= 4 is 12.0 Å². The molecule has 0 spiro atoms. The quantitative estimate of drug-likeness (QED) is 0.737. The van der Waals surface area contributed by atoms with E-state index in [9.17, 15) is 9.59 Å². The molecule has 1 aliphatic heterocycles. The molecule has 0 atom stereocenters. The largest absolute Gasteiger partial charge is 0.450 e. The van der Waals surface area contributed by atoms with Gasteiger partial charge in [-0.15, -0.1) is 6.58 Å². The zero-order valence-corrected chi connectivity index (χ0v) is 15.5. The number of amides is 2. The van der Waals surface area contributed by atoms with Crippen LogP contribution in [0.4, 0.5) is 4.79 Å². The Labute approximate surface area is 149 Å². The summed E-state index contributed by atoms with van der Waals surface area (Å²) in [7, 11) is 0. The summed E-state index contributed by atoms with van der Waals surface area (Å²) in [4.78, 5) is 27.7. The van der Waals surface area contributed by atoms with Gasteiger partial charge in [-0.25, -0.2) is 4.79 Å². The maximum absolute atomic E-state index is 12.5. The highest BCUT2D eigenvalue weighted by atomic mass is 16.6. The number of piperazine rings is 1. The van der Waals surface area contributed by atoms with Gasteiger partial charge in [0.2, 0.25) is 5.91 Å². The van der Waals surface area contributed by atoms with E-state index in [0.717, 1.165) is 17.0 Å². The lowest BCUT2D eigenvalue weighted by Gasteiger charge is -2.34. The van der Waals surface area contributed by atoms with Crippen LogP contribution in [-0.4, -0.2) is 64.4 Å². The molecule has 0 aromatic carbocycles. The Morgan fingerprint density at radius 3 is 2.44 bits per heavy atom. The van der Waals surface area contributed by atoms with E-state index in [1.54, 1.807) is 11.8 Å². The molecule has 0 unspecified atom stereocenters. The molecular weight excluding hydrogens is 320 g/mol. The molecule has 2 rings (SSSR count). The molecule has 1 aromatic heterocycles. The number of rotatable bonds is 6. The molecule has 25 heavy (non-hydrogen) atoms. The van der Waals surface area contributed by atoms with E-state index in [1.807, 2.05) is 29.5 Å². The molecule has 0 saturated carbocycles. The first-order chi connectivity index (χ1) is 12.0. The van der Waals surface area contributed by atoms with Crippen LogP contribution < -0.4 is 0 Å². The van der Waals surface area contributed by atoms with Gasteiger partial charge in [-0.3, -0.25) is 9.48 Å². The number of hydrogen-bond donors (Lipinski definition) is 0. The summed E-state index contributed by atoms with van der Waals surface area (Å²) in [5.74, 6) is 0.124. The lowest BCUT2D eigenvalue weighted by molar-refractivity contribution is -0.132. The van der Waals surface area contributed by atoms with Crippen LogP contribution >= 0.6 is 0 Å². The minimum atomic E-state index is -0.296. The molecule has 0 radical (unpaired) electrons. The van der Waals surface area contributed by atoms with Crippen molar-refractivity contribution in [2.24, 2.45) is 0 Å². The van der Waals surface area contributed by atoms with Crippen LogP contribution in [0, 0.1) is 13.8 Å². The van der Waals surface area contributed by atoms with Crippen LogP contribution in [0.15, 0.2) is 12.7 Å². The molecule has 0 aliphatic carbocycles. The van der Waals surface area contributed by atoms with Crippen molar-refractivity contribution < 1.29 is 14.3 Å². The van der Waals surface area contributed by atoms with Crippen LogP contribution in [0.3, 0.4) is 0 Å². The van der Waals surface area contributed by atoms with E-state index < -0.39 is 0 Å². The third kappa shape index (κ3) is 4.61. The van der Waals surface area contributed by atoms with E-state index in [1.165, 1.54) is 0 Å². The van der Waals surface area contributed by atoms with Gasteiger partial charge in [0, 0.05) is 38.3 Å². The molecule has 1 aliphatic rings. The molecule has 138 valence electrons. The second kappa shape index (κ2) is 8.69. The number of aryl methyl sites for hydroxylation is 1. The predicted octanol–water partition coefficient (Wildman–Crippen LogP) is 1.92. The Balaban J connectivity index is 1.86. The van der Waals surface area contributed by atoms with Gasteiger partial charge in [0.15, 0.2) is 0 Å². The average Bonchev–Trinajstić information content (AvgIpc) is 2.87. The Hall–Kier alpha value is -2.31. The molecule has 1 fully saturated rings. The van der Waals surface area contributed by atoms with Crippen molar-refractivity contribution in [3.05, 3.63) is 29.6 Å². The summed E-state index contributed by atoms with van der Waals surface area (Å²) in [5.41, 5.74) is 3.21. The van der Waals surface area contributed by atoms with Crippen LogP contribution in [0.5, 0.6) is 0 Å². The molecule has 2 amide bonds. The Kier molecular flexibility index (Phi) is 6.61. The van der Waals surface area contributed by atoms with E-state index in [-0.39, 0.29) is 12.0 Å². The van der Waals surface area contributed by atoms with E-state index in [4.69, 9.17) is 4.74 Å². The number of allylic oxidation sites excluding steroid dienone is 1. The fourth-order valence-electron chi connectivity index (χ4n) is 3.14. The molecule has 7 heteroatoms. The van der Waals surface area contributed by atoms with E-state index in [0.29, 0.717) is 52.2 Å². The molecule has 1 aromatic rings. The fraction of sp³-hybridized carbons (Fsp3) is 0.611. The highest BCUT2D eigenvalue weighted by molar-refractivity contribution is 5.77. The van der Waals surface area contributed by atoms with Gasteiger partial charge >= 0.3 is 6.09 Å².